The van der Waals surface area contributed by atoms with Gasteiger partial charge in [0.05, 0.1) is 0 Å². The van der Waals surface area contributed by atoms with Crippen LogP contribution < -0.4 is 0 Å². The Balaban J connectivity index is 2.36. The Kier molecular flexibility index (Phi) is 4.84. The lowest BCUT2D eigenvalue weighted by Crippen LogP contribution is -2.10. The molecular weight excluding hydrogens is 267 g/mol. The van der Waals surface area contributed by atoms with Gasteiger partial charge in [-0.25, -0.2) is 4.39 Å². The van der Waals surface area contributed by atoms with E-state index in [2.05, 4.69) is 13.8 Å². The highest BCUT2D eigenvalue weighted by Gasteiger charge is 2.22. The summed E-state index contributed by atoms with van der Waals surface area (Å²) in [7, 11) is 0. The fraction of sp³-hybridized carbons (Fsp3) is 0.333. The van der Waals surface area contributed by atoms with Crippen LogP contribution in [0, 0.1) is 5.82 Å². The molecule has 0 aliphatic carbocycles. The molecule has 2 N–H and O–H groups in total. The predicted octanol–water partition coefficient (Wildman–Crippen LogP) is 4.92. The normalized spacial score (nSPS) is 13.9. The van der Waals surface area contributed by atoms with Crippen molar-refractivity contribution in [2.45, 2.75) is 38.5 Å². The number of hydrogen-bond acceptors (Lipinski definition) is 2. The largest absolute Gasteiger partial charge is 0.508 e. The van der Waals surface area contributed by atoms with Crippen molar-refractivity contribution in [3.8, 4) is 11.5 Å². The lowest BCUT2D eigenvalue weighted by molar-refractivity contribution is 0.429. The highest BCUT2D eigenvalue weighted by Crippen LogP contribution is 2.39. The zero-order valence-electron chi connectivity index (χ0n) is 12.4. The molecule has 21 heavy (non-hydrogen) atoms. The molecule has 0 bridgehead atoms. The monoisotopic (exact) mass is 288 g/mol. The number of phenolic OH excluding ortho intramolecular Hbond substituents is 2. The second-order valence-electron chi connectivity index (χ2n) is 5.33. The van der Waals surface area contributed by atoms with Gasteiger partial charge in [0.25, 0.3) is 0 Å². The molecule has 112 valence electrons. The van der Waals surface area contributed by atoms with Gasteiger partial charge in [0.2, 0.25) is 0 Å². The van der Waals surface area contributed by atoms with Crippen LogP contribution in [0.5, 0.6) is 11.5 Å². The van der Waals surface area contributed by atoms with Crippen molar-refractivity contribution in [1.29, 1.82) is 0 Å². The van der Waals surface area contributed by atoms with Crippen molar-refractivity contribution >= 4 is 0 Å². The molecule has 2 atom stereocenters. The van der Waals surface area contributed by atoms with E-state index in [0.29, 0.717) is 0 Å². The molecule has 0 amide bonds. The maximum absolute atomic E-state index is 13.6. The first-order chi connectivity index (χ1) is 10.1. The first-order valence-corrected chi connectivity index (χ1v) is 7.34. The van der Waals surface area contributed by atoms with Gasteiger partial charge in [0, 0.05) is 0 Å². The van der Waals surface area contributed by atoms with E-state index < -0.39 is 5.82 Å². The van der Waals surface area contributed by atoms with E-state index in [0.717, 1.165) is 24.0 Å². The lowest BCUT2D eigenvalue weighted by Gasteiger charge is -2.26. The number of benzene rings is 2. The molecule has 0 heterocycles. The molecule has 0 fully saturated rings. The third-order valence-corrected chi connectivity index (χ3v) is 4.09. The molecule has 0 spiro atoms. The number of rotatable bonds is 5. The maximum atomic E-state index is 13.6. The van der Waals surface area contributed by atoms with Gasteiger partial charge >= 0.3 is 0 Å². The summed E-state index contributed by atoms with van der Waals surface area (Å²) in [6.45, 7) is 4.19. The minimum atomic E-state index is -0.577. The van der Waals surface area contributed by atoms with Gasteiger partial charge in [-0.2, -0.15) is 0 Å². The van der Waals surface area contributed by atoms with Gasteiger partial charge in [-0.05, 0) is 60.1 Å². The van der Waals surface area contributed by atoms with Crippen molar-refractivity contribution in [1.82, 2.24) is 0 Å². The molecule has 0 aliphatic heterocycles. The van der Waals surface area contributed by atoms with Gasteiger partial charge in [0.15, 0.2) is 11.6 Å². The summed E-state index contributed by atoms with van der Waals surface area (Å²) in [6, 6.07) is 11.8. The quantitative estimate of drug-likeness (QED) is 0.819. The highest BCUT2D eigenvalue weighted by atomic mass is 19.1. The van der Waals surface area contributed by atoms with E-state index in [-0.39, 0.29) is 23.3 Å². The third-order valence-electron chi connectivity index (χ3n) is 4.09. The maximum Gasteiger partial charge on any atom is 0.165 e. The van der Waals surface area contributed by atoms with E-state index in [1.54, 1.807) is 18.2 Å². The summed E-state index contributed by atoms with van der Waals surface area (Å²) < 4.78 is 13.6. The molecule has 3 heteroatoms. The van der Waals surface area contributed by atoms with Crippen LogP contribution in [-0.4, -0.2) is 10.2 Å². The van der Waals surface area contributed by atoms with Gasteiger partial charge in [-0.15, -0.1) is 0 Å². The average molecular weight is 288 g/mol. The molecule has 0 unspecified atom stereocenters. The van der Waals surface area contributed by atoms with E-state index >= 15 is 0 Å². The zero-order valence-corrected chi connectivity index (χ0v) is 12.4. The molecule has 2 aromatic carbocycles. The van der Waals surface area contributed by atoms with E-state index in [9.17, 15) is 14.6 Å². The summed E-state index contributed by atoms with van der Waals surface area (Å²) in [4.78, 5) is 0. The van der Waals surface area contributed by atoms with Gasteiger partial charge in [-0.3, -0.25) is 0 Å². The van der Waals surface area contributed by atoms with Gasteiger partial charge in [0.1, 0.15) is 5.75 Å². The Hall–Kier alpha value is -2.03. The number of aromatic hydroxyl groups is 2. The molecule has 2 aromatic rings. The second kappa shape index (κ2) is 6.61. The molecule has 0 radical (unpaired) electrons. The summed E-state index contributed by atoms with van der Waals surface area (Å²) in [5.41, 5.74) is 2.03. The Bertz CT molecular complexity index is 593. The molecule has 0 aliphatic rings. The standard InChI is InChI=1S/C18H21FO2/c1-3-15(12-5-8-14(20)9-6-12)16(4-2)13-7-10-18(21)17(19)11-13/h5-11,15-16,20-21H,3-4H2,1-2H3/t15-,16+/m0/s1. The first-order valence-electron chi connectivity index (χ1n) is 7.34. The molecule has 2 rings (SSSR count). The minimum absolute atomic E-state index is 0.176. The molecule has 0 saturated carbocycles. The fourth-order valence-electron chi connectivity index (χ4n) is 2.98. The summed E-state index contributed by atoms with van der Waals surface area (Å²) in [5.74, 6) is -0.218. The van der Waals surface area contributed by atoms with Crippen LogP contribution >= 0.6 is 0 Å². The van der Waals surface area contributed by atoms with Crippen molar-refractivity contribution in [2.24, 2.45) is 0 Å². The second-order valence-corrected chi connectivity index (χ2v) is 5.33. The Morgan fingerprint density at radius 3 is 1.90 bits per heavy atom. The van der Waals surface area contributed by atoms with Crippen LogP contribution in [-0.2, 0) is 0 Å². The summed E-state index contributed by atoms with van der Waals surface area (Å²) in [6.07, 6.45) is 1.80. The Labute approximate surface area is 124 Å². The van der Waals surface area contributed by atoms with Crippen molar-refractivity contribution in [2.75, 3.05) is 0 Å². The lowest BCUT2D eigenvalue weighted by atomic mass is 9.78. The number of halogens is 1. The Morgan fingerprint density at radius 1 is 0.857 bits per heavy atom. The molecular formula is C18H21FO2. The van der Waals surface area contributed by atoms with E-state index in [4.69, 9.17) is 0 Å². The molecule has 2 nitrogen and oxygen atoms in total. The van der Waals surface area contributed by atoms with Crippen molar-refractivity contribution in [3.05, 3.63) is 59.4 Å². The van der Waals surface area contributed by atoms with Crippen LogP contribution in [0.3, 0.4) is 0 Å². The SMILES string of the molecule is CC[C@H](c1ccc(O)c(F)c1)[C@@H](CC)c1ccc(O)cc1. The Morgan fingerprint density at radius 2 is 1.38 bits per heavy atom. The molecule has 0 aromatic heterocycles. The summed E-state index contributed by atoms with van der Waals surface area (Å²) in [5, 5.41) is 18.8. The van der Waals surface area contributed by atoms with Crippen molar-refractivity contribution in [3.63, 3.8) is 0 Å². The predicted molar refractivity (Wildman–Crippen MR) is 82.2 cm³/mol. The third kappa shape index (κ3) is 3.35. The van der Waals surface area contributed by atoms with Crippen molar-refractivity contribution < 1.29 is 14.6 Å². The van der Waals surface area contributed by atoms with Crippen LogP contribution in [0.2, 0.25) is 0 Å². The minimum Gasteiger partial charge on any atom is -0.508 e. The van der Waals surface area contributed by atoms with Gasteiger partial charge in [-0.1, -0.05) is 32.0 Å². The fourth-order valence-corrected chi connectivity index (χ4v) is 2.98. The van der Waals surface area contributed by atoms with E-state index in [1.165, 1.54) is 12.1 Å². The summed E-state index contributed by atoms with van der Waals surface area (Å²) >= 11 is 0. The topological polar surface area (TPSA) is 40.5 Å². The smallest absolute Gasteiger partial charge is 0.165 e. The first kappa shape index (κ1) is 15.4. The average Bonchev–Trinajstić information content (AvgIpc) is 2.49. The van der Waals surface area contributed by atoms with Gasteiger partial charge < -0.3 is 10.2 Å². The van der Waals surface area contributed by atoms with Crippen LogP contribution in [0.4, 0.5) is 4.39 Å². The van der Waals surface area contributed by atoms with Crippen LogP contribution in [0.25, 0.3) is 0 Å². The number of phenols is 2. The highest BCUT2D eigenvalue weighted by molar-refractivity contribution is 5.35. The van der Waals surface area contributed by atoms with E-state index in [1.807, 2.05) is 12.1 Å². The number of hydrogen-bond donors (Lipinski definition) is 2. The van der Waals surface area contributed by atoms with Crippen LogP contribution in [0.1, 0.15) is 49.7 Å². The molecule has 0 saturated heterocycles. The van der Waals surface area contributed by atoms with Crippen LogP contribution in [0.15, 0.2) is 42.5 Å². The zero-order chi connectivity index (χ0) is 15.4.